The first-order valence-corrected chi connectivity index (χ1v) is 7.30. The monoisotopic (exact) mass is 308 g/mol. The van der Waals surface area contributed by atoms with Crippen LogP contribution in [0.25, 0.3) is 0 Å². The fourth-order valence-corrected chi connectivity index (χ4v) is 2.66. The number of nitriles is 1. The summed E-state index contributed by atoms with van der Waals surface area (Å²) in [6, 6.07) is 12.4. The molecule has 0 bridgehead atoms. The number of benzene rings is 1. The molecule has 1 aromatic heterocycles. The summed E-state index contributed by atoms with van der Waals surface area (Å²) in [5.74, 6) is 1.18. The highest BCUT2D eigenvalue weighted by Crippen LogP contribution is 2.31. The van der Waals surface area contributed by atoms with Gasteiger partial charge in [-0.25, -0.2) is 4.98 Å². The molecule has 1 atom stereocenters. The van der Waals surface area contributed by atoms with E-state index in [0.29, 0.717) is 30.1 Å². The van der Waals surface area contributed by atoms with E-state index < -0.39 is 0 Å². The first kappa shape index (κ1) is 14.9. The lowest BCUT2D eigenvalue weighted by Crippen LogP contribution is -2.33. The number of methoxy groups -OCH3 is 1. The summed E-state index contributed by atoms with van der Waals surface area (Å²) < 4.78 is 5.33. The van der Waals surface area contributed by atoms with Gasteiger partial charge in [0.15, 0.2) is 0 Å². The first-order chi connectivity index (χ1) is 11.2. The summed E-state index contributed by atoms with van der Waals surface area (Å²) in [4.78, 5) is 18.5. The van der Waals surface area contributed by atoms with Gasteiger partial charge >= 0.3 is 0 Å². The fourth-order valence-electron chi connectivity index (χ4n) is 2.66. The number of ether oxygens (including phenoxy) is 1. The van der Waals surface area contributed by atoms with Crippen LogP contribution in [0.5, 0.6) is 5.75 Å². The molecule has 0 saturated carbocycles. The van der Waals surface area contributed by atoms with E-state index in [1.54, 1.807) is 30.3 Å². The second-order valence-corrected chi connectivity index (χ2v) is 5.19. The highest BCUT2D eigenvalue weighted by molar-refractivity contribution is 6.02. The van der Waals surface area contributed by atoms with E-state index >= 15 is 0 Å². The van der Waals surface area contributed by atoms with Crippen molar-refractivity contribution in [1.29, 1.82) is 5.26 Å². The number of nitrogens with one attached hydrogen (secondary N) is 1. The Labute approximate surface area is 134 Å². The third kappa shape index (κ3) is 2.94. The first-order valence-electron chi connectivity index (χ1n) is 7.30. The minimum atomic E-state index is -0.360. The van der Waals surface area contributed by atoms with E-state index in [4.69, 9.17) is 10.00 Å². The summed E-state index contributed by atoms with van der Waals surface area (Å²) in [7, 11) is 1.59. The van der Waals surface area contributed by atoms with Crippen LogP contribution in [-0.4, -0.2) is 30.6 Å². The molecule has 1 fully saturated rings. The number of hydrogen-bond acceptors (Lipinski definition) is 5. The zero-order valence-electron chi connectivity index (χ0n) is 12.7. The van der Waals surface area contributed by atoms with Crippen molar-refractivity contribution in [3.63, 3.8) is 0 Å². The topological polar surface area (TPSA) is 78.2 Å². The predicted molar refractivity (Wildman–Crippen MR) is 86.3 cm³/mol. The summed E-state index contributed by atoms with van der Waals surface area (Å²) >= 11 is 0. The molecule has 23 heavy (non-hydrogen) atoms. The molecule has 116 valence electrons. The third-order valence-corrected chi connectivity index (χ3v) is 3.79. The summed E-state index contributed by atoms with van der Waals surface area (Å²) in [5, 5.41) is 12.0. The molecule has 6 nitrogen and oxygen atoms in total. The van der Waals surface area contributed by atoms with E-state index in [0.717, 1.165) is 5.69 Å². The average Bonchev–Trinajstić information content (AvgIpc) is 2.95. The Morgan fingerprint density at radius 2 is 2.22 bits per heavy atom. The van der Waals surface area contributed by atoms with Crippen LogP contribution >= 0.6 is 0 Å². The Bertz CT molecular complexity index is 769. The molecule has 1 aliphatic rings. The van der Waals surface area contributed by atoms with Gasteiger partial charge < -0.3 is 15.0 Å². The lowest BCUT2D eigenvalue weighted by atomic mass is 10.2. The maximum Gasteiger partial charge on any atom is 0.249 e. The van der Waals surface area contributed by atoms with Crippen LogP contribution in [0.1, 0.15) is 12.0 Å². The smallest absolute Gasteiger partial charge is 0.249 e. The Balaban J connectivity index is 1.78. The molecule has 1 amide bonds. The summed E-state index contributed by atoms with van der Waals surface area (Å²) in [5.41, 5.74) is 1.28. The largest absolute Gasteiger partial charge is 0.495 e. The lowest BCUT2D eigenvalue weighted by Gasteiger charge is -2.19. The molecule has 2 heterocycles. The van der Waals surface area contributed by atoms with Crippen molar-refractivity contribution in [3.05, 3.63) is 48.2 Å². The minimum Gasteiger partial charge on any atom is -0.495 e. The molecule has 1 saturated heterocycles. The maximum absolute atomic E-state index is 12.6. The van der Waals surface area contributed by atoms with Crippen molar-refractivity contribution in [3.8, 4) is 11.8 Å². The van der Waals surface area contributed by atoms with Crippen molar-refractivity contribution in [2.24, 2.45) is 0 Å². The molecular weight excluding hydrogens is 292 g/mol. The SMILES string of the molecule is COc1ccccc1N1CCC(Nc2cc(C#N)ccn2)C1=O. The number of anilines is 2. The Hall–Kier alpha value is -3.07. The molecule has 0 spiro atoms. The van der Waals surface area contributed by atoms with Crippen LogP contribution in [0.15, 0.2) is 42.6 Å². The Morgan fingerprint density at radius 1 is 1.39 bits per heavy atom. The number of pyridine rings is 1. The zero-order valence-corrected chi connectivity index (χ0v) is 12.7. The van der Waals surface area contributed by atoms with Crippen LogP contribution in [0.4, 0.5) is 11.5 Å². The molecule has 1 unspecified atom stereocenters. The predicted octanol–water partition coefficient (Wildman–Crippen LogP) is 2.18. The van der Waals surface area contributed by atoms with Gasteiger partial charge in [0.25, 0.3) is 0 Å². The third-order valence-electron chi connectivity index (χ3n) is 3.79. The Morgan fingerprint density at radius 3 is 3.00 bits per heavy atom. The van der Waals surface area contributed by atoms with Crippen molar-refractivity contribution < 1.29 is 9.53 Å². The van der Waals surface area contributed by atoms with Gasteiger partial charge in [-0.05, 0) is 30.7 Å². The second kappa shape index (κ2) is 6.36. The zero-order chi connectivity index (χ0) is 16.2. The van der Waals surface area contributed by atoms with Crippen LogP contribution in [-0.2, 0) is 4.79 Å². The van der Waals surface area contributed by atoms with Crippen molar-refractivity contribution >= 4 is 17.4 Å². The number of rotatable bonds is 4. The van der Waals surface area contributed by atoms with Crippen LogP contribution < -0.4 is 15.0 Å². The maximum atomic E-state index is 12.6. The number of para-hydroxylation sites is 2. The molecular formula is C17H16N4O2. The van der Waals surface area contributed by atoms with Crippen LogP contribution in [0.3, 0.4) is 0 Å². The van der Waals surface area contributed by atoms with E-state index in [2.05, 4.69) is 16.4 Å². The number of aromatic nitrogens is 1. The van der Waals surface area contributed by atoms with Gasteiger partial charge in [-0.15, -0.1) is 0 Å². The van der Waals surface area contributed by atoms with Gasteiger partial charge in [-0.2, -0.15) is 5.26 Å². The van der Waals surface area contributed by atoms with Gasteiger partial charge in [-0.3, -0.25) is 4.79 Å². The standard InChI is InChI=1S/C17H16N4O2/c1-23-15-5-3-2-4-14(15)21-9-7-13(17(21)22)20-16-10-12(11-18)6-8-19-16/h2-6,8,10,13H,7,9H2,1H3,(H,19,20). The van der Waals surface area contributed by atoms with Gasteiger partial charge in [0.2, 0.25) is 5.91 Å². The number of amides is 1. The molecule has 3 rings (SSSR count). The van der Waals surface area contributed by atoms with E-state index in [1.165, 1.54) is 0 Å². The molecule has 1 aliphatic heterocycles. The van der Waals surface area contributed by atoms with E-state index in [9.17, 15) is 4.79 Å². The fraction of sp³-hybridized carbons (Fsp3) is 0.235. The lowest BCUT2D eigenvalue weighted by molar-refractivity contribution is -0.117. The van der Waals surface area contributed by atoms with Crippen molar-refractivity contribution in [2.45, 2.75) is 12.5 Å². The van der Waals surface area contributed by atoms with E-state index in [1.807, 2.05) is 24.3 Å². The minimum absolute atomic E-state index is 0.0290. The van der Waals surface area contributed by atoms with Crippen LogP contribution in [0, 0.1) is 11.3 Å². The highest BCUT2D eigenvalue weighted by atomic mass is 16.5. The molecule has 1 aromatic carbocycles. The second-order valence-electron chi connectivity index (χ2n) is 5.19. The number of hydrogen-bond donors (Lipinski definition) is 1. The van der Waals surface area contributed by atoms with Gasteiger partial charge in [0, 0.05) is 12.7 Å². The summed E-state index contributed by atoms with van der Waals surface area (Å²) in [6.45, 7) is 0.606. The molecule has 2 aromatic rings. The average molecular weight is 308 g/mol. The number of carbonyl (C=O) groups is 1. The number of nitrogens with zero attached hydrogens (tertiary/aromatic N) is 3. The van der Waals surface area contributed by atoms with E-state index in [-0.39, 0.29) is 11.9 Å². The Kier molecular flexibility index (Phi) is 4.11. The molecule has 1 N–H and O–H groups in total. The van der Waals surface area contributed by atoms with Crippen molar-refractivity contribution in [1.82, 2.24) is 4.98 Å². The van der Waals surface area contributed by atoms with Gasteiger partial charge in [-0.1, -0.05) is 12.1 Å². The molecule has 0 radical (unpaired) electrons. The summed E-state index contributed by atoms with van der Waals surface area (Å²) in [6.07, 6.45) is 2.22. The van der Waals surface area contributed by atoms with Gasteiger partial charge in [0.05, 0.1) is 24.4 Å². The molecule has 0 aliphatic carbocycles. The van der Waals surface area contributed by atoms with Crippen molar-refractivity contribution in [2.75, 3.05) is 23.9 Å². The van der Waals surface area contributed by atoms with Crippen LogP contribution in [0.2, 0.25) is 0 Å². The van der Waals surface area contributed by atoms with Gasteiger partial charge in [0.1, 0.15) is 17.6 Å². The highest BCUT2D eigenvalue weighted by Gasteiger charge is 2.34. The molecule has 6 heteroatoms. The normalized spacial score (nSPS) is 17.0. The quantitative estimate of drug-likeness (QED) is 0.936. The number of carbonyl (C=O) groups excluding carboxylic acids is 1.